The maximum Gasteiger partial charge on any atom is 0.326 e. The maximum atomic E-state index is 13.0. The van der Waals surface area contributed by atoms with Crippen molar-refractivity contribution in [2.75, 3.05) is 19.8 Å². The molecule has 3 aliphatic rings. The highest BCUT2D eigenvalue weighted by molar-refractivity contribution is 5.92. The molecule has 1 saturated carbocycles. The van der Waals surface area contributed by atoms with E-state index in [1.165, 1.54) is 0 Å². The molecule has 0 unspecified atom stereocenters. The van der Waals surface area contributed by atoms with Crippen molar-refractivity contribution in [1.82, 2.24) is 10.2 Å². The summed E-state index contributed by atoms with van der Waals surface area (Å²) in [5.74, 6) is -2.99. The summed E-state index contributed by atoms with van der Waals surface area (Å²) < 4.78 is 31.0. The number of hydrogen-bond acceptors (Lipinski definition) is 4. The Labute approximate surface area is 150 Å². The minimum atomic E-state index is -2.79. The Morgan fingerprint density at radius 3 is 2.58 bits per heavy atom. The average Bonchev–Trinajstić information content (AvgIpc) is 3.04. The van der Waals surface area contributed by atoms with Crippen molar-refractivity contribution in [3.8, 4) is 0 Å². The monoisotopic (exact) mass is 374 g/mol. The highest BCUT2D eigenvalue weighted by Crippen LogP contribution is 2.64. The molecule has 7 nitrogen and oxygen atoms in total. The molecule has 0 bridgehead atoms. The quantitative estimate of drug-likeness (QED) is 0.715. The summed E-state index contributed by atoms with van der Waals surface area (Å²) in [7, 11) is 0. The molecule has 0 aromatic carbocycles. The molecule has 1 aliphatic carbocycles. The third-order valence-electron chi connectivity index (χ3n) is 6.07. The molecule has 0 spiro atoms. The second-order valence-corrected chi connectivity index (χ2v) is 7.98. The van der Waals surface area contributed by atoms with Gasteiger partial charge in [0.2, 0.25) is 18.2 Å². The summed E-state index contributed by atoms with van der Waals surface area (Å²) in [5.41, 5.74) is -0.178. The Bertz CT molecular complexity index is 606. The first kappa shape index (κ1) is 19.0. The number of nitrogens with zero attached hydrogens (tertiary/aromatic N) is 1. The minimum absolute atomic E-state index is 0.0404. The molecule has 3 fully saturated rings. The summed E-state index contributed by atoms with van der Waals surface area (Å²) in [5, 5.41) is 11.9. The Morgan fingerprint density at radius 2 is 2.04 bits per heavy atom. The summed E-state index contributed by atoms with van der Waals surface area (Å²) in [6.07, 6.45) is -3.15. The fourth-order valence-electron chi connectivity index (χ4n) is 4.43. The number of alkyl halides is 2. The molecule has 26 heavy (non-hydrogen) atoms. The largest absolute Gasteiger partial charge is 0.480 e. The summed E-state index contributed by atoms with van der Waals surface area (Å²) in [4.78, 5) is 37.9. The van der Waals surface area contributed by atoms with Crippen LogP contribution in [0.5, 0.6) is 0 Å². The Hall–Kier alpha value is -1.77. The number of aliphatic carboxylic acids is 1. The highest BCUT2D eigenvalue weighted by atomic mass is 19.3. The number of rotatable bonds is 6. The molecule has 2 heterocycles. The first-order chi connectivity index (χ1) is 12.1. The van der Waals surface area contributed by atoms with Gasteiger partial charge in [-0.25, -0.2) is 13.6 Å². The molecule has 146 valence electrons. The SMILES string of the molecule is CC1(C)[C@@H]2[C@@H](C(=O)O)N(C(=O)[C@H](CC(F)F)NC(=O)[C@@H]3CCOC3)C[C@@H]21. The smallest absolute Gasteiger partial charge is 0.326 e. The third-order valence-corrected chi connectivity index (χ3v) is 6.07. The fourth-order valence-corrected chi connectivity index (χ4v) is 4.43. The number of fused-ring (bicyclic) bond motifs is 1. The Morgan fingerprint density at radius 1 is 1.35 bits per heavy atom. The molecule has 0 radical (unpaired) electrons. The number of piperidine rings is 1. The number of carbonyl (C=O) groups excluding carboxylic acids is 2. The van der Waals surface area contributed by atoms with Gasteiger partial charge in [-0.05, 0) is 17.8 Å². The van der Waals surface area contributed by atoms with Crippen LogP contribution in [-0.2, 0) is 19.1 Å². The van der Waals surface area contributed by atoms with Gasteiger partial charge in [-0.1, -0.05) is 13.8 Å². The summed E-state index contributed by atoms with van der Waals surface area (Å²) >= 11 is 0. The molecular formula is C17H24F2N2O5. The molecular weight excluding hydrogens is 350 g/mol. The Balaban J connectivity index is 1.73. The average molecular weight is 374 g/mol. The van der Waals surface area contributed by atoms with E-state index in [2.05, 4.69) is 5.32 Å². The van der Waals surface area contributed by atoms with Gasteiger partial charge in [-0.2, -0.15) is 0 Å². The van der Waals surface area contributed by atoms with E-state index in [4.69, 9.17) is 4.74 Å². The van der Waals surface area contributed by atoms with E-state index < -0.39 is 48.6 Å². The minimum Gasteiger partial charge on any atom is -0.480 e. The predicted molar refractivity (Wildman–Crippen MR) is 85.4 cm³/mol. The number of hydrogen-bond donors (Lipinski definition) is 2. The van der Waals surface area contributed by atoms with Crippen molar-refractivity contribution in [1.29, 1.82) is 0 Å². The Kier molecular flexibility index (Phi) is 4.94. The van der Waals surface area contributed by atoms with Crippen molar-refractivity contribution in [3.05, 3.63) is 0 Å². The first-order valence-electron chi connectivity index (χ1n) is 8.84. The maximum absolute atomic E-state index is 13.0. The normalized spacial score (nSPS) is 33.0. The van der Waals surface area contributed by atoms with Gasteiger partial charge in [0.05, 0.1) is 12.5 Å². The molecule has 0 aromatic rings. The molecule has 9 heteroatoms. The summed E-state index contributed by atoms with van der Waals surface area (Å²) in [6.45, 7) is 4.71. The molecule has 3 rings (SSSR count). The second kappa shape index (κ2) is 6.75. The first-order valence-corrected chi connectivity index (χ1v) is 8.84. The van der Waals surface area contributed by atoms with E-state index in [0.717, 1.165) is 4.90 Å². The van der Waals surface area contributed by atoms with Crippen LogP contribution >= 0.6 is 0 Å². The van der Waals surface area contributed by atoms with Gasteiger partial charge in [0.15, 0.2) is 0 Å². The molecule has 2 N–H and O–H groups in total. The fraction of sp³-hybridized carbons (Fsp3) is 0.824. The molecule has 0 aromatic heterocycles. The number of carbonyl (C=O) groups is 3. The molecule has 5 atom stereocenters. The van der Waals surface area contributed by atoms with Gasteiger partial charge in [0.1, 0.15) is 12.1 Å². The number of carboxylic acids is 1. The van der Waals surface area contributed by atoms with Crippen LogP contribution in [0.1, 0.15) is 26.7 Å². The lowest BCUT2D eigenvalue weighted by atomic mass is 10.00. The lowest BCUT2D eigenvalue weighted by Crippen LogP contribution is -2.55. The van der Waals surface area contributed by atoms with Gasteiger partial charge >= 0.3 is 5.97 Å². The van der Waals surface area contributed by atoms with E-state index in [-0.39, 0.29) is 30.4 Å². The van der Waals surface area contributed by atoms with Gasteiger partial charge in [0, 0.05) is 25.5 Å². The third kappa shape index (κ3) is 3.28. The van der Waals surface area contributed by atoms with Crippen LogP contribution in [0.4, 0.5) is 8.78 Å². The standard InChI is InChI=1S/C17H24F2N2O5/c1-17(2)9-6-21(13(12(9)17)16(24)25)15(23)10(5-11(18)19)20-14(22)8-3-4-26-7-8/h8-13H,3-7H2,1-2H3,(H,20,22)(H,24,25)/t8-,9+,10+,12+,13+/m1/s1. The second-order valence-electron chi connectivity index (χ2n) is 7.98. The number of amides is 2. The summed E-state index contributed by atoms with van der Waals surface area (Å²) in [6, 6.07) is -2.46. The van der Waals surface area contributed by atoms with Crippen LogP contribution in [0.25, 0.3) is 0 Å². The van der Waals surface area contributed by atoms with Crippen LogP contribution in [-0.4, -0.2) is 66.1 Å². The highest BCUT2D eigenvalue weighted by Gasteiger charge is 2.69. The van der Waals surface area contributed by atoms with Gasteiger partial charge in [-0.15, -0.1) is 0 Å². The van der Waals surface area contributed by atoms with Crippen molar-refractivity contribution >= 4 is 17.8 Å². The van der Waals surface area contributed by atoms with E-state index in [1.807, 2.05) is 13.8 Å². The van der Waals surface area contributed by atoms with Crippen molar-refractivity contribution in [2.24, 2.45) is 23.2 Å². The zero-order chi connectivity index (χ0) is 19.2. The number of halogens is 2. The van der Waals surface area contributed by atoms with Crippen LogP contribution in [0.2, 0.25) is 0 Å². The zero-order valence-electron chi connectivity index (χ0n) is 14.8. The lowest BCUT2D eigenvalue weighted by molar-refractivity contribution is -0.152. The van der Waals surface area contributed by atoms with E-state index in [9.17, 15) is 28.3 Å². The van der Waals surface area contributed by atoms with Crippen LogP contribution in [0.15, 0.2) is 0 Å². The van der Waals surface area contributed by atoms with Gasteiger partial charge < -0.3 is 20.1 Å². The van der Waals surface area contributed by atoms with Crippen molar-refractivity contribution in [3.63, 3.8) is 0 Å². The number of nitrogens with one attached hydrogen (secondary N) is 1. The van der Waals surface area contributed by atoms with E-state index in [0.29, 0.717) is 13.0 Å². The van der Waals surface area contributed by atoms with Crippen LogP contribution in [0.3, 0.4) is 0 Å². The van der Waals surface area contributed by atoms with E-state index >= 15 is 0 Å². The predicted octanol–water partition coefficient (Wildman–Crippen LogP) is 0.731. The lowest BCUT2D eigenvalue weighted by Gasteiger charge is -2.31. The number of carboxylic acid groups (broad SMARTS) is 1. The molecule has 2 amide bonds. The molecule has 2 aliphatic heterocycles. The van der Waals surface area contributed by atoms with Crippen LogP contribution < -0.4 is 5.32 Å². The number of likely N-dealkylation sites (tertiary alicyclic amines) is 1. The zero-order valence-corrected chi connectivity index (χ0v) is 14.8. The van der Waals surface area contributed by atoms with Crippen molar-refractivity contribution in [2.45, 2.75) is 45.2 Å². The molecule has 2 saturated heterocycles. The number of ether oxygens (including phenoxy) is 1. The van der Waals surface area contributed by atoms with E-state index in [1.54, 1.807) is 0 Å². The van der Waals surface area contributed by atoms with Gasteiger partial charge in [-0.3, -0.25) is 9.59 Å². The topological polar surface area (TPSA) is 95.9 Å². The van der Waals surface area contributed by atoms with Crippen molar-refractivity contribution < 1.29 is 33.0 Å². The van der Waals surface area contributed by atoms with Crippen LogP contribution in [0, 0.1) is 23.2 Å². The van der Waals surface area contributed by atoms with Gasteiger partial charge in [0.25, 0.3) is 0 Å².